The molecule has 23 heavy (non-hydrogen) atoms. The third-order valence-electron chi connectivity index (χ3n) is 3.92. The maximum absolute atomic E-state index is 8.76. The number of nitrogens with zero attached hydrogens (tertiary/aromatic N) is 2. The Balaban J connectivity index is 0. The number of nitrogens with one attached hydrogen (secondary N) is 1. The minimum atomic E-state index is 0. The van der Waals surface area contributed by atoms with E-state index in [2.05, 4.69) is 23.3 Å². The average Bonchev–Trinajstić information content (AvgIpc) is 2.85. The standard InChI is InChI=1S/C16H24N4.3ClH/c1-20-9-7-16(12-20)19-8-6-15(18)10-13-2-4-14(11-17)5-3-13;;;/h2-5,15-16,19H,6-10,12,18H2,1H3;3*1H/t15?,16-;;;/m0.../s1. The molecule has 2 atom stereocenters. The van der Waals surface area contributed by atoms with Gasteiger partial charge in [-0.2, -0.15) is 5.26 Å². The number of hydrogen-bond acceptors (Lipinski definition) is 4. The summed E-state index contributed by atoms with van der Waals surface area (Å²) in [5, 5.41) is 12.3. The van der Waals surface area contributed by atoms with Crippen LogP contribution in [-0.2, 0) is 6.42 Å². The molecule has 132 valence electrons. The van der Waals surface area contributed by atoms with Crippen LogP contribution in [0.15, 0.2) is 24.3 Å². The van der Waals surface area contributed by atoms with Crippen molar-refractivity contribution in [2.45, 2.75) is 31.3 Å². The zero-order valence-electron chi connectivity index (χ0n) is 13.4. The van der Waals surface area contributed by atoms with Crippen molar-refractivity contribution in [3.8, 4) is 6.07 Å². The zero-order chi connectivity index (χ0) is 14.4. The summed E-state index contributed by atoms with van der Waals surface area (Å²) in [4.78, 5) is 2.36. The number of rotatable bonds is 6. The summed E-state index contributed by atoms with van der Waals surface area (Å²) >= 11 is 0. The monoisotopic (exact) mass is 380 g/mol. The molecular formula is C16H27Cl3N4. The highest BCUT2D eigenvalue weighted by molar-refractivity contribution is 5.86. The van der Waals surface area contributed by atoms with E-state index in [1.807, 2.05) is 24.3 Å². The molecule has 1 fully saturated rings. The van der Waals surface area contributed by atoms with Crippen LogP contribution in [0, 0.1) is 11.3 Å². The Kier molecular flexibility index (Phi) is 13.8. The highest BCUT2D eigenvalue weighted by atomic mass is 35.5. The number of halogens is 3. The molecule has 2 rings (SSSR count). The van der Waals surface area contributed by atoms with Gasteiger partial charge in [-0.25, -0.2) is 0 Å². The van der Waals surface area contributed by atoms with Gasteiger partial charge in [-0.05, 0) is 57.1 Å². The van der Waals surface area contributed by atoms with E-state index in [0.29, 0.717) is 11.6 Å². The molecule has 7 heteroatoms. The lowest BCUT2D eigenvalue weighted by Crippen LogP contribution is -2.35. The highest BCUT2D eigenvalue weighted by Gasteiger charge is 2.18. The molecule has 0 aromatic heterocycles. The third-order valence-corrected chi connectivity index (χ3v) is 3.92. The summed E-state index contributed by atoms with van der Waals surface area (Å²) in [5.41, 5.74) is 8.08. The summed E-state index contributed by atoms with van der Waals surface area (Å²) in [6.45, 7) is 3.32. The van der Waals surface area contributed by atoms with E-state index in [9.17, 15) is 0 Å². The Morgan fingerprint density at radius 1 is 1.30 bits per heavy atom. The quantitative estimate of drug-likeness (QED) is 0.794. The molecule has 1 aromatic carbocycles. The van der Waals surface area contributed by atoms with Gasteiger partial charge in [0, 0.05) is 18.6 Å². The topological polar surface area (TPSA) is 65.1 Å². The Bertz CT molecular complexity index is 461. The van der Waals surface area contributed by atoms with Crippen LogP contribution in [0.4, 0.5) is 0 Å². The van der Waals surface area contributed by atoms with Crippen LogP contribution in [-0.4, -0.2) is 43.7 Å². The molecular weight excluding hydrogens is 355 g/mol. The fourth-order valence-corrected chi connectivity index (χ4v) is 2.69. The molecule has 1 heterocycles. The molecule has 0 radical (unpaired) electrons. The number of nitriles is 1. The second kappa shape index (κ2) is 12.8. The fraction of sp³-hybridized carbons (Fsp3) is 0.562. The lowest BCUT2D eigenvalue weighted by molar-refractivity contribution is 0.395. The Morgan fingerprint density at radius 2 is 1.96 bits per heavy atom. The van der Waals surface area contributed by atoms with Crippen molar-refractivity contribution >= 4 is 37.2 Å². The first-order valence-electron chi connectivity index (χ1n) is 7.34. The molecule has 1 unspecified atom stereocenters. The summed E-state index contributed by atoms with van der Waals surface area (Å²) in [5.74, 6) is 0. The van der Waals surface area contributed by atoms with Crippen LogP contribution in [0.2, 0.25) is 0 Å². The second-order valence-electron chi connectivity index (χ2n) is 5.76. The molecule has 1 aromatic rings. The van der Waals surface area contributed by atoms with E-state index in [-0.39, 0.29) is 43.3 Å². The molecule has 0 amide bonds. The van der Waals surface area contributed by atoms with Crippen LogP contribution >= 0.6 is 37.2 Å². The van der Waals surface area contributed by atoms with E-state index < -0.39 is 0 Å². The van der Waals surface area contributed by atoms with Gasteiger partial charge in [-0.1, -0.05) is 12.1 Å². The Hall–Kier alpha value is -0.540. The van der Waals surface area contributed by atoms with E-state index in [1.54, 1.807) is 0 Å². The molecule has 4 nitrogen and oxygen atoms in total. The van der Waals surface area contributed by atoms with E-state index in [4.69, 9.17) is 11.0 Å². The van der Waals surface area contributed by atoms with Crippen LogP contribution in [0.3, 0.4) is 0 Å². The van der Waals surface area contributed by atoms with E-state index >= 15 is 0 Å². The maximum atomic E-state index is 8.76. The van der Waals surface area contributed by atoms with Gasteiger partial charge in [0.05, 0.1) is 11.6 Å². The summed E-state index contributed by atoms with van der Waals surface area (Å²) < 4.78 is 0. The van der Waals surface area contributed by atoms with Crippen LogP contribution in [0.25, 0.3) is 0 Å². The molecule has 1 saturated heterocycles. The van der Waals surface area contributed by atoms with Gasteiger partial charge in [0.2, 0.25) is 0 Å². The van der Waals surface area contributed by atoms with Crippen molar-refractivity contribution in [2.24, 2.45) is 5.73 Å². The molecule has 1 aliphatic heterocycles. The predicted octanol–water partition coefficient (Wildman–Crippen LogP) is 2.38. The van der Waals surface area contributed by atoms with Gasteiger partial charge >= 0.3 is 0 Å². The largest absolute Gasteiger partial charge is 0.327 e. The molecule has 0 saturated carbocycles. The molecule has 0 spiro atoms. The van der Waals surface area contributed by atoms with Gasteiger partial charge < -0.3 is 16.0 Å². The maximum Gasteiger partial charge on any atom is 0.0991 e. The Morgan fingerprint density at radius 3 is 2.48 bits per heavy atom. The van der Waals surface area contributed by atoms with Crippen molar-refractivity contribution < 1.29 is 0 Å². The first-order chi connectivity index (χ1) is 9.67. The minimum Gasteiger partial charge on any atom is -0.327 e. The number of likely N-dealkylation sites (tertiary alicyclic amines) is 1. The lowest BCUT2D eigenvalue weighted by Gasteiger charge is -2.16. The summed E-state index contributed by atoms with van der Waals surface area (Å²) in [7, 11) is 2.16. The van der Waals surface area contributed by atoms with Crippen LogP contribution < -0.4 is 11.1 Å². The molecule has 1 aliphatic rings. The normalized spacial score (nSPS) is 18.0. The molecule has 0 bridgehead atoms. The van der Waals surface area contributed by atoms with Crippen molar-refractivity contribution in [3.63, 3.8) is 0 Å². The smallest absolute Gasteiger partial charge is 0.0991 e. The average molecular weight is 382 g/mol. The van der Waals surface area contributed by atoms with Crippen molar-refractivity contribution in [3.05, 3.63) is 35.4 Å². The third kappa shape index (κ3) is 8.76. The summed E-state index contributed by atoms with van der Waals surface area (Å²) in [6.07, 6.45) is 3.10. The number of likely N-dealkylation sites (N-methyl/N-ethyl adjacent to an activating group) is 1. The first kappa shape index (κ1) is 24.7. The zero-order valence-corrected chi connectivity index (χ0v) is 15.9. The van der Waals surface area contributed by atoms with Gasteiger partial charge in [-0.15, -0.1) is 37.2 Å². The van der Waals surface area contributed by atoms with Gasteiger partial charge in [0.15, 0.2) is 0 Å². The van der Waals surface area contributed by atoms with Gasteiger partial charge in [0.1, 0.15) is 0 Å². The first-order valence-corrected chi connectivity index (χ1v) is 7.34. The van der Waals surface area contributed by atoms with Gasteiger partial charge in [-0.3, -0.25) is 0 Å². The number of nitrogens with two attached hydrogens (primary N) is 1. The second-order valence-corrected chi connectivity index (χ2v) is 5.76. The fourth-order valence-electron chi connectivity index (χ4n) is 2.69. The van der Waals surface area contributed by atoms with Crippen molar-refractivity contribution in [2.75, 3.05) is 26.7 Å². The van der Waals surface area contributed by atoms with Gasteiger partial charge in [0.25, 0.3) is 0 Å². The number of benzene rings is 1. The van der Waals surface area contributed by atoms with Crippen LogP contribution in [0.1, 0.15) is 24.0 Å². The SMILES string of the molecule is CN1CC[C@H](NCCC(N)Cc2ccc(C#N)cc2)C1.Cl.Cl.Cl. The highest BCUT2D eigenvalue weighted by Crippen LogP contribution is 2.08. The number of hydrogen-bond donors (Lipinski definition) is 2. The predicted molar refractivity (Wildman–Crippen MR) is 103 cm³/mol. The lowest BCUT2D eigenvalue weighted by atomic mass is 10.0. The Labute approximate surface area is 158 Å². The minimum absolute atomic E-state index is 0. The van der Waals surface area contributed by atoms with Crippen molar-refractivity contribution in [1.82, 2.24) is 10.2 Å². The van der Waals surface area contributed by atoms with E-state index in [1.165, 1.54) is 18.5 Å². The van der Waals surface area contributed by atoms with Crippen LogP contribution in [0.5, 0.6) is 0 Å². The summed E-state index contributed by atoms with van der Waals surface area (Å²) in [6, 6.07) is 10.6. The molecule has 3 N–H and O–H groups in total. The van der Waals surface area contributed by atoms with Crippen molar-refractivity contribution in [1.29, 1.82) is 5.26 Å². The molecule has 0 aliphatic carbocycles. The van der Waals surface area contributed by atoms with E-state index in [0.717, 1.165) is 25.9 Å².